The number of nitrogen functional groups attached to an aromatic ring is 1. The zero-order chi connectivity index (χ0) is 13.1. The van der Waals surface area contributed by atoms with Crippen LogP contribution in [0.4, 0.5) is 5.69 Å². The van der Waals surface area contributed by atoms with Gasteiger partial charge >= 0.3 is 0 Å². The van der Waals surface area contributed by atoms with E-state index < -0.39 is 9.84 Å². The van der Waals surface area contributed by atoms with Gasteiger partial charge in [0.15, 0.2) is 9.84 Å². The summed E-state index contributed by atoms with van der Waals surface area (Å²) in [6.07, 6.45) is 0.676. The predicted molar refractivity (Wildman–Crippen MR) is 72.8 cm³/mol. The van der Waals surface area contributed by atoms with Crippen molar-refractivity contribution in [2.75, 3.05) is 11.5 Å². The molecule has 1 aromatic carbocycles. The van der Waals surface area contributed by atoms with Crippen LogP contribution in [0.15, 0.2) is 18.2 Å². The average Bonchev–Trinajstić information content (AvgIpc) is 2.20. The van der Waals surface area contributed by atoms with Crippen LogP contribution in [0.1, 0.15) is 25.8 Å². The molecular formula is C12H18ClNO2S. The minimum Gasteiger partial charge on any atom is -0.399 e. The molecule has 0 bridgehead atoms. The van der Waals surface area contributed by atoms with E-state index in [1.807, 2.05) is 13.8 Å². The van der Waals surface area contributed by atoms with Crippen LogP contribution in [0, 0.1) is 5.92 Å². The number of halogens is 1. The van der Waals surface area contributed by atoms with Crippen molar-refractivity contribution in [1.29, 1.82) is 0 Å². The van der Waals surface area contributed by atoms with E-state index in [1.165, 1.54) is 0 Å². The van der Waals surface area contributed by atoms with E-state index in [2.05, 4.69) is 0 Å². The van der Waals surface area contributed by atoms with Gasteiger partial charge in [0.05, 0.1) is 11.5 Å². The first-order valence-corrected chi connectivity index (χ1v) is 7.74. The highest BCUT2D eigenvalue weighted by Crippen LogP contribution is 2.22. The molecule has 0 saturated carbocycles. The maximum absolute atomic E-state index is 11.9. The molecule has 0 unspecified atom stereocenters. The van der Waals surface area contributed by atoms with Crippen molar-refractivity contribution in [2.45, 2.75) is 26.0 Å². The van der Waals surface area contributed by atoms with E-state index >= 15 is 0 Å². The summed E-state index contributed by atoms with van der Waals surface area (Å²) in [5.41, 5.74) is 6.71. The third-order valence-corrected chi connectivity index (χ3v) is 4.42. The van der Waals surface area contributed by atoms with Crippen LogP contribution in [-0.4, -0.2) is 14.2 Å². The minimum atomic E-state index is -3.09. The van der Waals surface area contributed by atoms with Gasteiger partial charge in [-0.05, 0) is 30.0 Å². The average molecular weight is 276 g/mol. The Hall–Kier alpha value is -0.740. The molecule has 0 radical (unpaired) electrons. The molecule has 0 heterocycles. The summed E-state index contributed by atoms with van der Waals surface area (Å²) in [5.74, 6) is 0.566. The standard InChI is InChI=1S/C12H18ClNO2S/c1-9(2)5-6-17(15,16)8-10-3-4-11(14)7-12(10)13/h3-4,7,9H,5-6,8,14H2,1-2H3. The van der Waals surface area contributed by atoms with Gasteiger partial charge in [0, 0.05) is 10.7 Å². The van der Waals surface area contributed by atoms with Crippen molar-refractivity contribution >= 4 is 27.1 Å². The summed E-state index contributed by atoms with van der Waals surface area (Å²) < 4.78 is 23.7. The van der Waals surface area contributed by atoms with Crippen molar-refractivity contribution in [1.82, 2.24) is 0 Å². The maximum Gasteiger partial charge on any atom is 0.154 e. The molecule has 0 aromatic heterocycles. The zero-order valence-corrected chi connectivity index (χ0v) is 11.7. The second kappa shape index (κ2) is 5.74. The molecule has 2 N–H and O–H groups in total. The quantitative estimate of drug-likeness (QED) is 0.841. The predicted octanol–water partition coefficient (Wildman–Crippen LogP) is 2.88. The van der Waals surface area contributed by atoms with Crippen LogP contribution in [0.3, 0.4) is 0 Å². The molecule has 0 atom stereocenters. The first-order chi connectivity index (χ1) is 7.80. The molecule has 0 aliphatic carbocycles. The van der Waals surface area contributed by atoms with Gasteiger partial charge in [-0.3, -0.25) is 0 Å². The van der Waals surface area contributed by atoms with Gasteiger partial charge in [0.25, 0.3) is 0 Å². The normalized spacial score (nSPS) is 12.0. The minimum absolute atomic E-state index is 0.0150. The highest BCUT2D eigenvalue weighted by Gasteiger charge is 2.14. The highest BCUT2D eigenvalue weighted by molar-refractivity contribution is 7.90. The summed E-state index contributed by atoms with van der Waals surface area (Å²) >= 11 is 5.95. The van der Waals surface area contributed by atoms with Gasteiger partial charge < -0.3 is 5.73 Å². The number of nitrogens with two attached hydrogens (primary N) is 1. The zero-order valence-electron chi connectivity index (χ0n) is 10.1. The number of hydrogen-bond acceptors (Lipinski definition) is 3. The Balaban J connectivity index is 2.76. The number of anilines is 1. The van der Waals surface area contributed by atoms with E-state index in [9.17, 15) is 8.42 Å². The van der Waals surface area contributed by atoms with Crippen LogP contribution in [0.25, 0.3) is 0 Å². The van der Waals surface area contributed by atoms with E-state index in [4.69, 9.17) is 17.3 Å². The van der Waals surface area contributed by atoms with Crippen LogP contribution in [0.5, 0.6) is 0 Å². The van der Waals surface area contributed by atoms with E-state index in [1.54, 1.807) is 18.2 Å². The molecule has 0 aliphatic heterocycles. The summed E-state index contributed by atoms with van der Waals surface area (Å²) in [6, 6.07) is 4.92. The van der Waals surface area contributed by atoms with Crippen LogP contribution >= 0.6 is 11.6 Å². The fraction of sp³-hybridized carbons (Fsp3) is 0.500. The largest absolute Gasteiger partial charge is 0.399 e. The lowest BCUT2D eigenvalue weighted by Crippen LogP contribution is -2.11. The van der Waals surface area contributed by atoms with Crippen molar-refractivity contribution < 1.29 is 8.42 Å². The Morgan fingerprint density at radius 2 is 2.00 bits per heavy atom. The fourth-order valence-electron chi connectivity index (χ4n) is 1.40. The SMILES string of the molecule is CC(C)CCS(=O)(=O)Cc1ccc(N)cc1Cl. The summed E-state index contributed by atoms with van der Waals surface area (Å²) in [4.78, 5) is 0. The molecule has 96 valence electrons. The lowest BCUT2D eigenvalue weighted by atomic mass is 10.2. The molecule has 17 heavy (non-hydrogen) atoms. The third-order valence-electron chi connectivity index (χ3n) is 2.46. The topological polar surface area (TPSA) is 60.2 Å². The van der Waals surface area contributed by atoms with Crippen molar-refractivity contribution in [2.24, 2.45) is 5.92 Å². The lowest BCUT2D eigenvalue weighted by Gasteiger charge is -2.08. The first kappa shape index (κ1) is 14.3. The van der Waals surface area contributed by atoms with Crippen molar-refractivity contribution in [3.05, 3.63) is 28.8 Å². The number of rotatable bonds is 5. The fourth-order valence-corrected chi connectivity index (χ4v) is 3.44. The second-order valence-corrected chi connectivity index (χ2v) is 7.22. The van der Waals surface area contributed by atoms with E-state index in [-0.39, 0.29) is 11.5 Å². The highest BCUT2D eigenvalue weighted by atomic mass is 35.5. The van der Waals surface area contributed by atoms with Gasteiger partial charge in [-0.15, -0.1) is 0 Å². The van der Waals surface area contributed by atoms with E-state index in [0.29, 0.717) is 28.6 Å². The van der Waals surface area contributed by atoms with Crippen molar-refractivity contribution in [3.8, 4) is 0 Å². The van der Waals surface area contributed by atoms with Gasteiger partial charge in [-0.1, -0.05) is 31.5 Å². The van der Waals surface area contributed by atoms with Gasteiger partial charge in [0.2, 0.25) is 0 Å². The summed E-state index contributed by atoms with van der Waals surface area (Å²) in [6.45, 7) is 4.01. The van der Waals surface area contributed by atoms with Crippen molar-refractivity contribution in [3.63, 3.8) is 0 Å². The van der Waals surface area contributed by atoms with Crippen LogP contribution in [-0.2, 0) is 15.6 Å². The van der Waals surface area contributed by atoms with Crippen LogP contribution in [0.2, 0.25) is 5.02 Å². The molecule has 0 aliphatic rings. The molecule has 1 rings (SSSR count). The molecular weight excluding hydrogens is 258 g/mol. The number of sulfone groups is 1. The number of benzene rings is 1. The first-order valence-electron chi connectivity index (χ1n) is 5.54. The van der Waals surface area contributed by atoms with Crippen LogP contribution < -0.4 is 5.73 Å². The molecule has 0 fully saturated rings. The Morgan fingerprint density at radius 1 is 1.35 bits per heavy atom. The molecule has 5 heteroatoms. The lowest BCUT2D eigenvalue weighted by molar-refractivity contribution is 0.573. The van der Waals surface area contributed by atoms with Gasteiger partial charge in [0.1, 0.15) is 0 Å². The van der Waals surface area contributed by atoms with Gasteiger partial charge in [-0.25, -0.2) is 8.42 Å². The molecule has 1 aromatic rings. The Bertz CT molecular complexity index is 483. The summed E-state index contributed by atoms with van der Waals surface area (Å²) in [5, 5.41) is 0.415. The third kappa shape index (κ3) is 4.96. The Labute approximate surface area is 108 Å². The Morgan fingerprint density at radius 3 is 2.53 bits per heavy atom. The molecule has 3 nitrogen and oxygen atoms in total. The second-order valence-electron chi connectivity index (χ2n) is 4.63. The molecule has 0 amide bonds. The molecule has 0 saturated heterocycles. The smallest absolute Gasteiger partial charge is 0.154 e. The number of hydrogen-bond donors (Lipinski definition) is 1. The molecule has 0 spiro atoms. The maximum atomic E-state index is 11.9. The van der Waals surface area contributed by atoms with E-state index in [0.717, 1.165) is 0 Å². The van der Waals surface area contributed by atoms with Gasteiger partial charge in [-0.2, -0.15) is 0 Å². The monoisotopic (exact) mass is 275 g/mol. The Kier molecular flexibility index (Phi) is 4.83. The summed E-state index contributed by atoms with van der Waals surface area (Å²) in [7, 11) is -3.09.